The number of halogens is 2. The molecule has 1 aliphatic carbocycles. The minimum atomic E-state index is -1.08. The van der Waals surface area contributed by atoms with Gasteiger partial charge in [-0.25, -0.2) is 4.39 Å². The van der Waals surface area contributed by atoms with Gasteiger partial charge in [-0.1, -0.05) is 6.07 Å². The molecule has 0 bridgehead atoms. The van der Waals surface area contributed by atoms with E-state index in [2.05, 4.69) is 15.9 Å². The van der Waals surface area contributed by atoms with E-state index in [-0.39, 0.29) is 15.8 Å². The van der Waals surface area contributed by atoms with Crippen LogP contribution in [0.15, 0.2) is 16.6 Å². The fraction of sp³-hybridized carbons (Fsp3) is 0.300. The van der Waals surface area contributed by atoms with Crippen LogP contribution in [0.25, 0.3) is 0 Å². The molecule has 0 saturated heterocycles. The average molecular weight is 275 g/mol. The third-order valence-corrected chi connectivity index (χ3v) is 3.49. The number of phenolic OH excluding ortho intramolecular Hbond substituents is 1. The lowest BCUT2D eigenvalue weighted by Crippen LogP contribution is -2.21. The van der Waals surface area contributed by atoms with Crippen LogP contribution in [0.4, 0.5) is 4.39 Å². The third kappa shape index (κ3) is 1.42. The van der Waals surface area contributed by atoms with Crippen LogP contribution < -0.4 is 0 Å². The zero-order chi connectivity index (χ0) is 11.2. The van der Waals surface area contributed by atoms with E-state index in [1.807, 2.05) is 0 Å². The highest BCUT2D eigenvalue weighted by atomic mass is 79.9. The molecule has 1 aromatic rings. The summed E-state index contributed by atoms with van der Waals surface area (Å²) in [6.45, 7) is 0. The molecule has 0 unspecified atom stereocenters. The van der Waals surface area contributed by atoms with Crippen LogP contribution in [0.3, 0.4) is 0 Å². The zero-order valence-electron chi connectivity index (χ0n) is 7.63. The minimum absolute atomic E-state index is 0.0764. The Morgan fingerprint density at radius 1 is 1.47 bits per heavy atom. The Hall–Kier alpha value is -1.10. The quantitative estimate of drug-likeness (QED) is 0.871. The Kier molecular flexibility index (Phi) is 2.22. The maximum atomic E-state index is 13.7. The molecule has 0 radical (unpaired) electrons. The van der Waals surface area contributed by atoms with Crippen molar-refractivity contribution in [2.45, 2.75) is 18.3 Å². The van der Waals surface area contributed by atoms with Crippen LogP contribution >= 0.6 is 15.9 Å². The lowest BCUT2D eigenvalue weighted by molar-refractivity contribution is -0.140. The summed E-state index contributed by atoms with van der Waals surface area (Å²) in [6, 6.07) is 2.63. The lowest BCUT2D eigenvalue weighted by atomic mass is 9.95. The predicted molar refractivity (Wildman–Crippen MR) is 54.3 cm³/mol. The molecule has 2 rings (SSSR count). The van der Waals surface area contributed by atoms with Gasteiger partial charge in [0.25, 0.3) is 0 Å². The second kappa shape index (κ2) is 3.20. The van der Waals surface area contributed by atoms with E-state index in [9.17, 15) is 14.3 Å². The second-order valence-corrected chi connectivity index (χ2v) is 4.44. The first-order chi connectivity index (χ1) is 6.99. The van der Waals surface area contributed by atoms with Crippen molar-refractivity contribution in [3.63, 3.8) is 0 Å². The smallest absolute Gasteiger partial charge is 0.314 e. The molecule has 1 aromatic carbocycles. The first kappa shape index (κ1) is 10.4. The summed E-state index contributed by atoms with van der Waals surface area (Å²) in [4.78, 5) is 11.0. The summed E-state index contributed by atoms with van der Waals surface area (Å²) < 4.78 is 13.6. The van der Waals surface area contributed by atoms with E-state index in [4.69, 9.17) is 5.11 Å². The Bertz CT molecular complexity index is 441. The molecule has 0 atom stereocenters. The highest BCUT2D eigenvalue weighted by Gasteiger charge is 2.53. The average Bonchev–Trinajstić information content (AvgIpc) is 2.95. The lowest BCUT2D eigenvalue weighted by Gasteiger charge is -2.12. The number of aliphatic carboxylic acids is 1. The van der Waals surface area contributed by atoms with Crippen LogP contribution in [0.5, 0.6) is 5.75 Å². The van der Waals surface area contributed by atoms with Crippen LogP contribution in [0, 0.1) is 5.82 Å². The molecule has 1 saturated carbocycles. The Balaban J connectivity index is 2.55. The molecule has 80 valence electrons. The predicted octanol–water partition coefficient (Wildman–Crippen LogP) is 2.41. The minimum Gasteiger partial charge on any atom is -0.507 e. The monoisotopic (exact) mass is 274 g/mol. The molecule has 0 aromatic heterocycles. The second-order valence-electron chi connectivity index (χ2n) is 3.65. The Morgan fingerprint density at radius 2 is 2.07 bits per heavy atom. The number of phenols is 1. The SMILES string of the molecule is O=C(O)C1(c2ccc(O)c(Br)c2F)CC1. The van der Waals surface area contributed by atoms with E-state index in [1.165, 1.54) is 12.1 Å². The number of aromatic hydroxyl groups is 1. The van der Waals surface area contributed by atoms with Crippen molar-refractivity contribution in [2.24, 2.45) is 0 Å². The van der Waals surface area contributed by atoms with Crippen molar-refractivity contribution in [1.82, 2.24) is 0 Å². The van der Waals surface area contributed by atoms with Gasteiger partial charge in [0.05, 0.1) is 9.89 Å². The number of hydrogen-bond donors (Lipinski definition) is 2. The molecule has 1 aliphatic rings. The number of hydrogen-bond acceptors (Lipinski definition) is 2. The van der Waals surface area contributed by atoms with Gasteiger partial charge in [-0.05, 0) is 34.8 Å². The van der Waals surface area contributed by atoms with Gasteiger partial charge in [0.1, 0.15) is 11.6 Å². The van der Waals surface area contributed by atoms with Gasteiger partial charge < -0.3 is 10.2 Å². The summed E-state index contributed by atoms with van der Waals surface area (Å²) in [5.41, 5.74) is -0.944. The molecule has 1 fully saturated rings. The highest BCUT2D eigenvalue weighted by molar-refractivity contribution is 9.10. The molecular formula is C10H8BrFO3. The van der Waals surface area contributed by atoms with Gasteiger partial charge in [0.2, 0.25) is 0 Å². The number of benzene rings is 1. The van der Waals surface area contributed by atoms with Gasteiger partial charge in [-0.3, -0.25) is 4.79 Å². The van der Waals surface area contributed by atoms with Crippen LogP contribution in [0.1, 0.15) is 18.4 Å². The molecule has 15 heavy (non-hydrogen) atoms. The fourth-order valence-electron chi connectivity index (χ4n) is 1.63. The van der Waals surface area contributed by atoms with Crippen LogP contribution in [0.2, 0.25) is 0 Å². The largest absolute Gasteiger partial charge is 0.507 e. The maximum Gasteiger partial charge on any atom is 0.314 e. The Morgan fingerprint density at radius 3 is 2.53 bits per heavy atom. The van der Waals surface area contributed by atoms with E-state index in [1.54, 1.807) is 0 Å². The van der Waals surface area contributed by atoms with E-state index in [0.29, 0.717) is 12.8 Å². The number of carboxylic acid groups (broad SMARTS) is 1. The first-order valence-electron chi connectivity index (χ1n) is 4.40. The molecule has 0 amide bonds. The summed E-state index contributed by atoms with van der Waals surface area (Å²) in [5.74, 6) is -1.92. The highest BCUT2D eigenvalue weighted by Crippen LogP contribution is 2.50. The fourth-order valence-corrected chi connectivity index (χ4v) is 1.98. The summed E-state index contributed by atoms with van der Waals surface area (Å²) in [6.07, 6.45) is 0.882. The molecule has 0 spiro atoms. The van der Waals surface area contributed by atoms with Crippen molar-refractivity contribution in [2.75, 3.05) is 0 Å². The topological polar surface area (TPSA) is 57.5 Å². The normalized spacial score (nSPS) is 17.5. The van der Waals surface area contributed by atoms with Gasteiger partial charge in [-0.2, -0.15) is 0 Å². The molecule has 0 heterocycles. The van der Waals surface area contributed by atoms with Crippen molar-refractivity contribution in [3.05, 3.63) is 28.0 Å². The third-order valence-electron chi connectivity index (χ3n) is 2.74. The molecular weight excluding hydrogens is 267 g/mol. The van der Waals surface area contributed by atoms with Crippen molar-refractivity contribution >= 4 is 21.9 Å². The first-order valence-corrected chi connectivity index (χ1v) is 5.19. The van der Waals surface area contributed by atoms with Gasteiger partial charge in [0, 0.05) is 5.56 Å². The van der Waals surface area contributed by atoms with Crippen LogP contribution in [-0.4, -0.2) is 16.2 Å². The van der Waals surface area contributed by atoms with E-state index in [0.717, 1.165) is 0 Å². The summed E-state index contributed by atoms with van der Waals surface area (Å²) in [7, 11) is 0. The molecule has 3 nitrogen and oxygen atoms in total. The van der Waals surface area contributed by atoms with E-state index >= 15 is 0 Å². The van der Waals surface area contributed by atoms with Crippen molar-refractivity contribution in [1.29, 1.82) is 0 Å². The van der Waals surface area contributed by atoms with Gasteiger partial charge >= 0.3 is 5.97 Å². The molecule has 5 heteroatoms. The molecule has 0 aliphatic heterocycles. The molecule has 2 N–H and O–H groups in total. The van der Waals surface area contributed by atoms with E-state index < -0.39 is 17.2 Å². The number of rotatable bonds is 2. The van der Waals surface area contributed by atoms with Crippen molar-refractivity contribution < 1.29 is 19.4 Å². The number of carbonyl (C=O) groups is 1. The van der Waals surface area contributed by atoms with Gasteiger partial charge in [0.15, 0.2) is 0 Å². The van der Waals surface area contributed by atoms with Crippen LogP contribution in [-0.2, 0) is 10.2 Å². The zero-order valence-corrected chi connectivity index (χ0v) is 9.21. The Labute approximate surface area is 93.7 Å². The van der Waals surface area contributed by atoms with Crippen molar-refractivity contribution in [3.8, 4) is 5.75 Å². The number of carboxylic acids is 1. The summed E-state index contributed by atoms with van der Waals surface area (Å²) in [5, 5.41) is 18.2. The maximum absolute atomic E-state index is 13.7. The standard InChI is InChI=1S/C10H8BrFO3/c11-7-6(13)2-1-5(8(7)12)10(3-4-10)9(14)15/h1-2,13H,3-4H2,(H,14,15). The van der Waals surface area contributed by atoms with Gasteiger partial charge in [-0.15, -0.1) is 0 Å². The summed E-state index contributed by atoms with van der Waals surface area (Å²) >= 11 is 2.88.